The van der Waals surface area contributed by atoms with Crippen molar-refractivity contribution in [1.29, 1.82) is 0 Å². The van der Waals surface area contributed by atoms with Crippen LogP contribution in [0.15, 0.2) is 49.1 Å². The number of aryl methyl sites for hydroxylation is 1. The van der Waals surface area contributed by atoms with Crippen molar-refractivity contribution in [3.63, 3.8) is 0 Å². The van der Waals surface area contributed by atoms with E-state index in [9.17, 15) is 0 Å². The molecule has 0 amide bonds. The van der Waals surface area contributed by atoms with Crippen LogP contribution in [0.4, 0.5) is 0 Å². The maximum atomic E-state index is 4.60. The van der Waals surface area contributed by atoms with Crippen LogP contribution in [-0.2, 0) is 6.54 Å². The van der Waals surface area contributed by atoms with E-state index in [1.807, 2.05) is 18.6 Å². The molecule has 0 saturated heterocycles. The van der Waals surface area contributed by atoms with Gasteiger partial charge in [0.05, 0.1) is 6.33 Å². The number of hydrogen-bond acceptors (Lipinski definition) is 2. The van der Waals surface area contributed by atoms with Crippen molar-refractivity contribution in [3.05, 3.63) is 54.6 Å². The average Bonchev–Trinajstić information content (AvgIpc) is 2.80. The first kappa shape index (κ1) is 10.3. The van der Waals surface area contributed by atoms with Gasteiger partial charge in [-0.15, -0.1) is 0 Å². The second-order valence-corrected chi connectivity index (χ2v) is 4.14. The normalized spacial score (nSPS) is 12.6. The number of benzene rings is 1. The van der Waals surface area contributed by atoms with Gasteiger partial charge in [-0.05, 0) is 12.0 Å². The Balaban J connectivity index is 1.90. The van der Waals surface area contributed by atoms with Crippen LogP contribution in [0.3, 0.4) is 0 Å². The van der Waals surface area contributed by atoms with E-state index in [-0.39, 0.29) is 0 Å². The summed E-state index contributed by atoms with van der Waals surface area (Å²) >= 11 is 4.60. The fourth-order valence-electron chi connectivity index (χ4n) is 1.53. The zero-order valence-corrected chi connectivity index (χ0v) is 9.35. The molecular weight excluding hydrogens is 204 g/mol. The summed E-state index contributed by atoms with van der Waals surface area (Å²) < 4.78 is 2.08. The van der Waals surface area contributed by atoms with E-state index in [0.29, 0.717) is 5.25 Å². The molecule has 0 bridgehead atoms. The van der Waals surface area contributed by atoms with Gasteiger partial charge in [0.15, 0.2) is 0 Å². The van der Waals surface area contributed by atoms with E-state index in [4.69, 9.17) is 0 Å². The Kier molecular flexibility index (Phi) is 3.45. The third-order valence-electron chi connectivity index (χ3n) is 2.40. The number of nitrogens with zero attached hydrogens (tertiary/aromatic N) is 2. The lowest BCUT2D eigenvalue weighted by Gasteiger charge is -2.10. The van der Waals surface area contributed by atoms with Gasteiger partial charge in [0, 0.05) is 24.2 Å². The Morgan fingerprint density at radius 3 is 2.73 bits per heavy atom. The van der Waals surface area contributed by atoms with Gasteiger partial charge < -0.3 is 4.57 Å². The molecule has 0 radical (unpaired) electrons. The van der Waals surface area contributed by atoms with Crippen molar-refractivity contribution in [2.75, 3.05) is 0 Å². The minimum atomic E-state index is 0.300. The molecule has 2 rings (SSSR count). The molecule has 1 aromatic heterocycles. The van der Waals surface area contributed by atoms with Crippen molar-refractivity contribution >= 4 is 12.6 Å². The quantitative estimate of drug-likeness (QED) is 0.781. The van der Waals surface area contributed by atoms with Gasteiger partial charge in [-0.3, -0.25) is 0 Å². The molecule has 1 unspecified atom stereocenters. The largest absolute Gasteiger partial charge is 0.337 e. The Labute approximate surface area is 95.4 Å². The summed E-state index contributed by atoms with van der Waals surface area (Å²) in [6, 6.07) is 10.4. The summed E-state index contributed by atoms with van der Waals surface area (Å²) in [7, 11) is 0. The van der Waals surface area contributed by atoms with Gasteiger partial charge in [-0.25, -0.2) is 4.98 Å². The van der Waals surface area contributed by atoms with Crippen LogP contribution in [0.2, 0.25) is 0 Å². The van der Waals surface area contributed by atoms with Gasteiger partial charge in [0.2, 0.25) is 0 Å². The lowest BCUT2D eigenvalue weighted by atomic mass is 10.1. The van der Waals surface area contributed by atoms with E-state index in [1.54, 1.807) is 6.20 Å². The maximum Gasteiger partial charge on any atom is 0.0945 e. The number of aromatic nitrogens is 2. The first-order valence-electron chi connectivity index (χ1n) is 5.05. The second-order valence-electron chi connectivity index (χ2n) is 3.52. The van der Waals surface area contributed by atoms with Crippen LogP contribution in [0.25, 0.3) is 0 Å². The minimum Gasteiger partial charge on any atom is -0.337 e. The van der Waals surface area contributed by atoms with Gasteiger partial charge >= 0.3 is 0 Å². The summed E-state index contributed by atoms with van der Waals surface area (Å²) in [5.74, 6) is 0. The molecule has 2 aromatic rings. The topological polar surface area (TPSA) is 17.8 Å². The number of imidazole rings is 1. The fourth-order valence-corrected chi connectivity index (χ4v) is 1.82. The molecule has 1 aromatic carbocycles. The summed E-state index contributed by atoms with van der Waals surface area (Å²) in [6.07, 6.45) is 6.64. The highest BCUT2D eigenvalue weighted by Gasteiger charge is 2.05. The summed E-state index contributed by atoms with van der Waals surface area (Å²) in [5.41, 5.74) is 1.28. The third-order valence-corrected chi connectivity index (χ3v) is 2.96. The van der Waals surface area contributed by atoms with Gasteiger partial charge in [-0.1, -0.05) is 30.3 Å². The van der Waals surface area contributed by atoms with Crippen LogP contribution in [0.1, 0.15) is 17.2 Å². The maximum absolute atomic E-state index is 4.60. The predicted molar refractivity (Wildman–Crippen MR) is 65.0 cm³/mol. The highest BCUT2D eigenvalue weighted by atomic mass is 32.1. The molecule has 0 aliphatic heterocycles. The average molecular weight is 218 g/mol. The SMILES string of the molecule is SC(CCn1ccnc1)c1ccccc1. The van der Waals surface area contributed by atoms with Crippen LogP contribution in [0.5, 0.6) is 0 Å². The smallest absolute Gasteiger partial charge is 0.0945 e. The zero-order valence-electron chi connectivity index (χ0n) is 8.45. The van der Waals surface area contributed by atoms with Crippen molar-refractivity contribution < 1.29 is 0 Å². The summed E-state index contributed by atoms with van der Waals surface area (Å²) in [5, 5.41) is 0.300. The molecule has 0 saturated carbocycles. The van der Waals surface area contributed by atoms with E-state index in [1.165, 1.54) is 5.56 Å². The zero-order chi connectivity index (χ0) is 10.5. The number of hydrogen-bond donors (Lipinski definition) is 1. The molecule has 15 heavy (non-hydrogen) atoms. The molecule has 0 spiro atoms. The van der Waals surface area contributed by atoms with Gasteiger partial charge in [0.1, 0.15) is 0 Å². The molecule has 78 valence electrons. The predicted octanol–water partition coefficient (Wildman–Crippen LogP) is 2.94. The molecule has 0 fully saturated rings. The molecular formula is C12H14N2S. The van der Waals surface area contributed by atoms with Crippen LogP contribution < -0.4 is 0 Å². The lowest BCUT2D eigenvalue weighted by Crippen LogP contribution is -1.99. The first-order valence-corrected chi connectivity index (χ1v) is 5.56. The Bertz CT molecular complexity index is 383. The first-order chi connectivity index (χ1) is 7.36. The highest BCUT2D eigenvalue weighted by molar-refractivity contribution is 7.80. The molecule has 2 nitrogen and oxygen atoms in total. The summed E-state index contributed by atoms with van der Waals surface area (Å²) in [6.45, 7) is 0.961. The monoisotopic (exact) mass is 218 g/mol. The minimum absolute atomic E-state index is 0.300. The number of thiol groups is 1. The van der Waals surface area contributed by atoms with Crippen molar-refractivity contribution in [1.82, 2.24) is 9.55 Å². The van der Waals surface area contributed by atoms with Crippen LogP contribution in [-0.4, -0.2) is 9.55 Å². The lowest BCUT2D eigenvalue weighted by molar-refractivity contribution is 0.636. The Hall–Kier alpha value is -1.22. The third kappa shape index (κ3) is 2.86. The van der Waals surface area contributed by atoms with Crippen molar-refractivity contribution in [2.45, 2.75) is 18.2 Å². The van der Waals surface area contributed by atoms with Gasteiger partial charge in [-0.2, -0.15) is 12.6 Å². The molecule has 3 heteroatoms. The van der Waals surface area contributed by atoms with Crippen molar-refractivity contribution in [3.8, 4) is 0 Å². The Morgan fingerprint density at radius 2 is 2.07 bits per heavy atom. The molecule has 0 aliphatic carbocycles. The molecule has 0 aliphatic rings. The van der Waals surface area contributed by atoms with Gasteiger partial charge in [0.25, 0.3) is 0 Å². The van der Waals surface area contributed by atoms with E-state index in [2.05, 4.69) is 46.4 Å². The van der Waals surface area contributed by atoms with Crippen LogP contribution in [0, 0.1) is 0 Å². The molecule has 1 heterocycles. The fraction of sp³-hybridized carbons (Fsp3) is 0.250. The highest BCUT2D eigenvalue weighted by Crippen LogP contribution is 2.23. The number of rotatable bonds is 4. The van der Waals surface area contributed by atoms with E-state index < -0.39 is 0 Å². The second kappa shape index (κ2) is 5.03. The molecule has 0 N–H and O–H groups in total. The summed E-state index contributed by atoms with van der Waals surface area (Å²) in [4.78, 5) is 4.01. The van der Waals surface area contributed by atoms with E-state index in [0.717, 1.165) is 13.0 Å². The standard InChI is InChI=1S/C12H14N2S/c15-12(11-4-2-1-3-5-11)6-8-14-9-7-13-10-14/h1-5,7,9-10,12,15H,6,8H2. The van der Waals surface area contributed by atoms with Crippen LogP contribution >= 0.6 is 12.6 Å². The van der Waals surface area contributed by atoms with E-state index >= 15 is 0 Å². The molecule has 1 atom stereocenters. The Morgan fingerprint density at radius 1 is 1.27 bits per heavy atom. The van der Waals surface area contributed by atoms with Crippen molar-refractivity contribution in [2.24, 2.45) is 0 Å².